The lowest BCUT2D eigenvalue weighted by Crippen LogP contribution is -2.41. The molecule has 188 valence electrons. The number of carbonyl (C=O) groups is 1. The second-order valence-corrected chi connectivity index (χ2v) is 9.50. The van der Waals surface area contributed by atoms with Gasteiger partial charge in [0, 0.05) is 37.4 Å². The zero-order valence-electron chi connectivity index (χ0n) is 19.9. The highest BCUT2D eigenvalue weighted by atomic mass is 16.5. The number of hydrogen-bond donors (Lipinski definition) is 4. The number of nitrogens with one attached hydrogen (secondary N) is 3. The molecule has 2 aliphatic carbocycles. The zero-order valence-corrected chi connectivity index (χ0v) is 19.9. The van der Waals surface area contributed by atoms with Crippen molar-refractivity contribution in [2.45, 2.75) is 12.5 Å². The highest BCUT2D eigenvalue weighted by molar-refractivity contribution is 5.85. The van der Waals surface area contributed by atoms with Crippen LogP contribution in [0.4, 0.5) is 17.5 Å². The molecule has 3 heterocycles. The molecule has 2 fully saturated rings. The quantitative estimate of drug-likeness (QED) is 0.331. The van der Waals surface area contributed by atoms with Crippen LogP contribution in [0.15, 0.2) is 42.7 Å². The summed E-state index contributed by atoms with van der Waals surface area (Å²) in [6.07, 6.45) is 6.78. The largest absolute Gasteiger partial charge is 0.492 e. The van der Waals surface area contributed by atoms with Gasteiger partial charge in [-0.05, 0) is 30.4 Å². The van der Waals surface area contributed by atoms with Crippen molar-refractivity contribution in [3.8, 4) is 5.75 Å². The maximum absolute atomic E-state index is 12.2. The van der Waals surface area contributed by atoms with Crippen LogP contribution >= 0.6 is 0 Å². The molecule has 0 unspecified atom stereocenters. The zero-order chi connectivity index (χ0) is 24.5. The SMILES string of the molecule is NC(=O)[C@H]1[C@@H](Nc2nc(Nc3cccc(OCCN4CCOCC4)c3)nc3nc[nH]c23)[C@H]2C=C[C@@H]1C2. The number of H-pyrrole nitrogens is 1. The van der Waals surface area contributed by atoms with Crippen LogP contribution < -0.4 is 21.1 Å². The molecular weight excluding hydrogens is 460 g/mol. The van der Waals surface area contributed by atoms with Gasteiger partial charge in [-0.25, -0.2) is 4.98 Å². The summed E-state index contributed by atoms with van der Waals surface area (Å²) >= 11 is 0. The lowest BCUT2D eigenvalue weighted by Gasteiger charge is -2.27. The van der Waals surface area contributed by atoms with Crippen molar-refractivity contribution >= 4 is 34.5 Å². The number of nitrogens with two attached hydrogens (primary N) is 1. The van der Waals surface area contributed by atoms with Crippen LogP contribution in [0.3, 0.4) is 0 Å². The number of anilines is 3. The monoisotopic (exact) mass is 490 g/mol. The van der Waals surface area contributed by atoms with E-state index in [4.69, 9.17) is 20.2 Å². The maximum atomic E-state index is 12.2. The van der Waals surface area contributed by atoms with Crippen molar-refractivity contribution in [1.29, 1.82) is 0 Å². The molecule has 6 rings (SSSR count). The fourth-order valence-electron chi connectivity index (χ4n) is 5.47. The third-order valence-electron chi connectivity index (χ3n) is 7.25. The molecule has 0 spiro atoms. The van der Waals surface area contributed by atoms with Crippen LogP contribution in [0.1, 0.15) is 6.42 Å². The number of fused-ring (bicyclic) bond motifs is 3. The lowest BCUT2D eigenvalue weighted by atomic mass is 9.88. The fourth-order valence-corrected chi connectivity index (χ4v) is 5.47. The van der Waals surface area contributed by atoms with Gasteiger partial charge in [0.2, 0.25) is 11.9 Å². The van der Waals surface area contributed by atoms with Crippen molar-refractivity contribution in [3.63, 3.8) is 0 Å². The van der Waals surface area contributed by atoms with Gasteiger partial charge in [-0.2, -0.15) is 9.97 Å². The van der Waals surface area contributed by atoms with Gasteiger partial charge in [0.05, 0.1) is 25.5 Å². The molecular formula is C25H30N8O3. The van der Waals surface area contributed by atoms with E-state index in [9.17, 15) is 4.79 Å². The Bertz CT molecular complexity index is 1270. The molecule has 1 saturated heterocycles. The van der Waals surface area contributed by atoms with E-state index in [1.807, 2.05) is 24.3 Å². The number of nitrogens with zero attached hydrogens (tertiary/aromatic N) is 4. The van der Waals surface area contributed by atoms with Crippen LogP contribution in [0.5, 0.6) is 5.75 Å². The molecule has 1 saturated carbocycles. The van der Waals surface area contributed by atoms with Crippen molar-refractivity contribution in [2.24, 2.45) is 23.5 Å². The van der Waals surface area contributed by atoms with Crippen LogP contribution in [0.25, 0.3) is 11.2 Å². The summed E-state index contributed by atoms with van der Waals surface area (Å²) in [4.78, 5) is 31.2. The van der Waals surface area contributed by atoms with Crippen molar-refractivity contribution in [3.05, 3.63) is 42.7 Å². The molecule has 11 heteroatoms. The molecule has 3 aromatic rings. The van der Waals surface area contributed by atoms with Gasteiger partial charge in [0.1, 0.15) is 17.9 Å². The Morgan fingerprint density at radius 2 is 2.08 bits per heavy atom. The molecule has 1 aromatic carbocycles. The average Bonchev–Trinajstić information content (AvgIpc) is 3.62. The molecule has 11 nitrogen and oxygen atoms in total. The van der Waals surface area contributed by atoms with Gasteiger partial charge in [0.25, 0.3) is 0 Å². The molecule has 5 N–H and O–H groups in total. The Hall–Kier alpha value is -3.70. The summed E-state index contributed by atoms with van der Waals surface area (Å²) < 4.78 is 11.4. The van der Waals surface area contributed by atoms with E-state index in [0.29, 0.717) is 29.5 Å². The number of allylic oxidation sites excluding steroid dienone is 1. The minimum Gasteiger partial charge on any atom is -0.492 e. The molecule has 2 aromatic heterocycles. The fraction of sp³-hybridized carbons (Fsp3) is 0.440. The number of primary amides is 1. The van der Waals surface area contributed by atoms with Gasteiger partial charge in [-0.15, -0.1) is 0 Å². The summed E-state index contributed by atoms with van der Waals surface area (Å²) in [6, 6.07) is 7.60. The average molecular weight is 491 g/mol. The lowest BCUT2D eigenvalue weighted by molar-refractivity contribution is -0.122. The van der Waals surface area contributed by atoms with E-state index in [-0.39, 0.29) is 29.7 Å². The number of imidazole rings is 1. The standard InChI is InChI=1S/C25H30N8O3/c26-22(34)19-15-4-5-16(12-15)20(19)30-24-21-23(28-14-27-21)31-25(32-24)29-17-2-1-3-18(13-17)36-11-8-33-6-9-35-10-7-33/h1-5,13-16,19-20H,6-12H2,(H2,26,34)(H3,27,28,29,30,31,32)/t15-,16+,19-,20+/m1/s1. The molecule has 0 radical (unpaired) electrons. The van der Waals surface area contributed by atoms with E-state index < -0.39 is 0 Å². The predicted octanol–water partition coefficient (Wildman–Crippen LogP) is 1.90. The molecule has 1 amide bonds. The summed E-state index contributed by atoms with van der Waals surface area (Å²) in [5.74, 6) is 1.62. The first-order valence-electron chi connectivity index (χ1n) is 12.4. The summed E-state index contributed by atoms with van der Waals surface area (Å²) in [5, 5.41) is 6.75. The number of aromatic nitrogens is 4. The predicted molar refractivity (Wildman–Crippen MR) is 135 cm³/mol. The molecule has 3 aliphatic rings. The van der Waals surface area contributed by atoms with Gasteiger partial charge in [0.15, 0.2) is 11.5 Å². The summed E-state index contributed by atoms with van der Waals surface area (Å²) in [6.45, 7) is 4.89. The van der Waals surface area contributed by atoms with E-state index in [1.54, 1.807) is 6.33 Å². The Kier molecular flexibility index (Phi) is 6.16. The first-order chi connectivity index (χ1) is 17.6. The maximum Gasteiger partial charge on any atom is 0.231 e. The van der Waals surface area contributed by atoms with Crippen molar-refractivity contribution < 1.29 is 14.3 Å². The van der Waals surface area contributed by atoms with Gasteiger partial charge in [-0.3, -0.25) is 9.69 Å². The topological polar surface area (TPSA) is 143 Å². The molecule has 2 bridgehead atoms. The van der Waals surface area contributed by atoms with Crippen LogP contribution in [-0.4, -0.2) is 76.2 Å². The van der Waals surface area contributed by atoms with Gasteiger partial charge >= 0.3 is 0 Å². The molecule has 4 atom stereocenters. The normalized spacial score (nSPS) is 25.3. The second kappa shape index (κ2) is 9.75. The number of aromatic amines is 1. The number of morpholine rings is 1. The Labute approximate surface area is 208 Å². The van der Waals surface area contributed by atoms with E-state index in [2.05, 4.69) is 42.6 Å². The van der Waals surface area contributed by atoms with Crippen molar-refractivity contribution in [2.75, 3.05) is 50.1 Å². The molecule has 1 aliphatic heterocycles. The number of amides is 1. The number of carbonyl (C=O) groups excluding carboxylic acids is 1. The van der Waals surface area contributed by atoms with E-state index in [1.165, 1.54) is 0 Å². The smallest absolute Gasteiger partial charge is 0.231 e. The first-order valence-corrected chi connectivity index (χ1v) is 12.4. The molecule has 36 heavy (non-hydrogen) atoms. The van der Waals surface area contributed by atoms with E-state index >= 15 is 0 Å². The van der Waals surface area contributed by atoms with Crippen molar-refractivity contribution in [1.82, 2.24) is 24.8 Å². The second-order valence-electron chi connectivity index (χ2n) is 9.50. The number of ether oxygens (including phenoxy) is 2. The highest BCUT2D eigenvalue weighted by Gasteiger charge is 2.47. The summed E-state index contributed by atoms with van der Waals surface area (Å²) in [7, 11) is 0. The third kappa shape index (κ3) is 4.59. The minimum absolute atomic E-state index is 0.116. The number of benzene rings is 1. The Morgan fingerprint density at radius 1 is 1.22 bits per heavy atom. The number of hydrogen-bond acceptors (Lipinski definition) is 9. The Morgan fingerprint density at radius 3 is 2.94 bits per heavy atom. The van der Waals surface area contributed by atoms with Gasteiger partial charge in [-0.1, -0.05) is 18.2 Å². The van der Waals surface area contributed by atoms with E-state index in [0.717, 1.165) is 50.7 Å². The third-order valence-corrected chi connectivity index (χ3v) is 7.25. The van der Waals surface area contributed by atoms with Crippen LogP contribution in [-0.2, 0) is 9.53 Å². The Balaban J connectivity index is 1.17. The number of rotatable bonds is 9. The van der Waals surface area contributed by atoms with Crippen LogP contribution in [0, 0.1) is 17.8 Å². The highest BCUT2D eigenvalue weighted by Crippen LogP contribution is 2.45. The minimum atomic E-state index is -0.289. The summed E-state index contributed by atoms with van der Waals surface area (Å²) in [5.41, 5.74) is 7.77. The van der Waals surface area contributed by atoms with Gasteiger partial charge < -0.3 is 30.8 Å². The first kappa shape index (κ1) is 22.7. The van der Waals surface area contributed by atoms with Crippen LogP contribution in [0.2, 0.25) is 0 Å².